The van der Waals surface area contributed by atoms with Crippen LogP contribution in [0.25, 0.3) is 0 Å². The Morgan fingerprint density at radius 3 is 2.71 bits per heavy atom. The van der Waals surface area contributed by atoms with E-state index in [1.807, 2.05) is 0 Å². The molecule has 1 atom stereocenters. The Morgan fingerprint density at radius 1 is 1.24 bits per heavy atom. The number of rotatable bonds is 2. The molecule has 0 radical (unpaired) electrons. The van der Waals surface area contributed by atoms with Crippen molar-refractivity contribution in [3.8, 4) is 11.5 Å². The molecule has 0 heterocycles. The Labute approximate surface area is 99.6 Å². The maximum Gasteiger partial charge on any atom is 0.251 e. The molecule has 1 unspecified atom stereocenters. The zero-order chi connectivity index (χ0) is 12.3. The Morgan fingerprint density at radius 2 is 2.06 bits per heavy atom. The van der Waals surface area contributed by atoms with Gasteiger partial charge in [0.25, 0.3) is 5.91 Å². The number of allylic oxidation sites excluding steroid dienone is 1. The Hall–Kier alpha value is -1.97. The highest BCUT2D eigenvalue weighted by Gasteiger charge is 2.15. The molecular weight excluding hydrogens is 218 g/mol. The van der Waals surface area contributed by atoms with E-state index in [2.05, 4.69) is 17.5 Å². The van der Waals surface area contributed by atoms with E-state index in [-0.39, 0.29) is 23.4 Å². The van der Waals surface area contributed by atoms with Crippen molar-refractivity contribution in [2.75, 3.05) is 0 Å². The summed E-state index contributed by atoms with van der Waals surface area (Å²) in [7, 11) is 0. The van der Waals surface area contributed by atoms with E-state index in [0.29, 0.717) is 5.56 Å². The van der Waals surface area contributed by atoms with Gasteiger partial charge in [0.1, 0.15) is 0 Å². The van der Waals surface area contributed by atoms with Crippen LogP contribution in [-0.2, 0) is 0 Å². The average Bonchev–Trinajstić information content (AvgIpc) is 2.34. The highest BCUT2D eigenvalue weighted by Crippen LogP contribution is 2.25. The van der Waals surface area contributed by atoms with Crippen LogP contribution in [0.4, 0.5) is 0 Å². The summed E-state index contributed by atoms with van der Waals surface area (Å²) in [5, 5.41) is 21.4. The minimum absolute atomic E-state index is 0.156. The number of aromatic hydroxyl groups is 2. The molecule has 1 aliphatic rings. The van der Waals surface area contributed by atoms with Gasteiger partial charge < -0.3 is 15.5 Å². The number of phenols is 2. The van der Waals surface area contributed by atoms with Crippen LogP contribution in [0, 0.1) is 0 Å². The molecule has 1 aromatic rings. The molecular formula is C13H15NO3. The number of carbonyl (C=O) groups is 1. The first-order valence-corrected chi connectivity index (χ1v) is 5.64. The van der Waals surface area contributed by atoms with Crippen LogP contribution in [0.3, 0.4) is 0 Å². The number of hydrogen-bond donors (Lipinski definition) is 3. The molecule has 1 aromatic carbocycles. The number of amides is 1. The third kappa shape index (κ3) is 2.78. The Bertz CT molecular complexity index is 454. The van der Waals surface area contributed by atoms with Crippen LogP contribution in [0.2, 0.25) is 0 Å². The van der Waals surface area contributed by atoms with E-state index in [1.54, 1.807) is 0 Å². The number of carbonyl (C=O) groups excluding carboxylic acids is 1. The van der Waals surface area contributed by atoms with Crippen LogP contribution in [-0.4, -0.2) is 22.2 Å². The highest BCUT2D eigenvalue weighted by molar-refractivity contribution is 5.95. The van der Waals surface area contributed by atoms with Crippen molar-refractivity contribution >= 4 is 5.91 Å². The van der Waals surface area contributed by atoms with Crippen molar-refractivity contribution in [2.45, 2.75) is 25.3 Å². The number of nitrogens with one attached hydrogen (secondary N) is 1. The van der Waals surface area contributed by atoms with E-state index < -0.39 is 0 Å². The minimum atomic E-state index is -0.277. The number of phenolic OH excluding ortho intramolecular Hbond substituents is 2. The van der Waals surface area contributed by atoms with E-state index in [4.69, 9.17) is 5.11 Å². The molecule has 2 rings (SSSR count). The molecule has 0 saturated carbocycles. The van der Waals surface area contributed by atoms with E-state index in [1.165, 1.54) is 18.2 Å². The maximum absolute atomic E-state index is 11.8. The fourth-order valence-electron chi connectivity index (χ4n) is 1.86. The lowest BCUT2D eigenvalue weighted by molar-refractivity contribution is 0.0934. The van der Waals surface area contributed by atoms with Crippen molar-refractivity contribution in [2.24, 2.45) is 0 Å². The molecule has 0 aliphatic heterocycles. The van der Waals surface area contributed by atoms with Gasteiger partial charge in [-0.3, -0.25) is 4.79 Å². The SMILES string of the molecule is O=C(NC1CC=CCC1)c1ccc(O)c(O)c1. The lowest BCUT2D eigenvalue weighted by Crippen LogP contribution is -2.35. The summed E-state index contributed by atoms with van der Waals surface area (Å²) >= 11 is 0. The van der Waals surface area contributed by atoms with Crippen LogP contribution in [0.5, 0.6) is 11.5 Å². The van der Waals surface area contributed by atoms with Crippen molar-refractivity contribution < 1.29 is 15.0 Å². The lowest BCUT2D eigenvalue weighted by atomic mass is 10.0. The van der Waals surface area contributed by atoms with Gasteiger partial charge in [0, 0.05) is 11.6 Å². The first-order chi connectivity index (χ1) is 8.16. The van der Waals surface area contributed by atoms with Crippen molar-refractivity contribution in [3.63, 3.8) is 0 Å². The normalized spacial score (nSPS) is 18.9. The molecule has 17 heavy (non-hydrogen) atoms. The van der Waals surface area contributed by atoms with Gasteiger partial charge in [0.2, 0.25) is 0 Å². The minimum Gasteiger partial charge on any atom is -0.504 e. The van der Waals surface area contributed by atoms with Gasteiger partial charge in [-0.05, 0) is 37.5 Å². The van der Waals surface area contributed by atoms with Crippen molar-refractivity contribution in [1.29, 1.82) is 0 Å². The largest absolute Gasteiger partial charge is 0.504 e. The smallest absolute Gasteiger partial charge is 0.251 e. The molecule has 1 amide bonds. The molecule has 1 aliphatic carbocycles. The quantitative estimate of drug-likeness (QED) is 0.540. The van der Waals surface area contributed by atoms with Gasteiger partial charge in [-0.2, -0.15) is 0 Å². The summed E-state index contributed by atoms with van der Waals surface area (Å²) in [4.78, 5) is 11.8. The second-order valence-corrected chi connectivity index (χ2v) is 4.16. The van der Waals surface area contributed by atoms with Crippen LogP contribution in [0.15, 0.2) is 30.4 Å². The summed E-state index contributed by atoms with van der Waals surface area (Å²) < 4.78 is 0. The predicted molar refractivity (Wildman–Crippen MR) is 64.0 cm³/mol. The Balaban J connectivity index is 2.03. The standard InChI is InChI=1S/C13H15NO3/c15-11-7-6-9(8-12(11)16)13(17)14-10-4-2-1-3-5-10/h1-2,6-8,10,15-16H,3-5H2,(H,14,17). The molecule has 0 fully saturated rings. The monoisotopic (exact) mass is 233 g/mol. The van der Waals surface area contributed by atoms with Gasteiger partial charge in [-0.25, -0.2) is 0 Å². The molecule has 3 N–H and O–H groups in total. The molecule has 0 spiro atoms. The lowest BCUT2D eigenvalue weighted by Gasteiger charge is -2.19. The van der Waals surface area contributed by atoms with Crippen LogP contribution >= 0.6 is 0 Å². The fraction of sp³-hybridized carbons (Fsp3) is 0.308. The van der Waals surface area contributed by atoms with Gasteiger partial charge in [-0.15, -0.1) is 0 Å². The number of hydrogen-bond acceptors (Lipinski definition) is 3. The average molecular weight is 233 g/mol. The molecule has 90 valence electrons. The third-order valence-electron chi connectivity index (χ3n) is 2.84. The topological polar surface area (TPSA) is 69.6 Å². The highest BCUT2D eigenvalue weighted by atomic mass is 16.3. The molecule has 4 nitrogen and oxygen atoms in total. The summed E-state index contributed by atoms with van der Waals surface area (Å²) in [6.07, 6.45) is 6.92. The second-order valence-electron chi connectivity index (χ2n) is 4.16. The van der Waals surface area contributed by atoms with E-state index in [0.717, 1.165) is 19.3 Å². The summed E-state index contributed by atoms with van der Waals surface area (Å²) in [6.45, 7) is 0. The zero-order valence-corrected chi connectivity index (χ0v) is 9.39. The Kier molecular flexibility index (Phi) is 3.32. The van der Waals surface area contributed by atoms with E-state index >= 15 is 0 Å². The van der Waals surface area contributed by atoms with Crippen molar-refractivity contribution in [3.05, 3.63) is 35.9 Å². The summed E-state index contributed by atoms with van der Waals surface area (Å²) in [6, 6.07) is 4.22. The summed E-state index contributed by atoms with van der Waals surface area (Å²) in [5.41, 5.74) is 0.356. The maximum atomic E-state index is 11.8. The van der Waals surface area contributed by atoms with Crippen LogP contribution in [0.1, 0.15) is 29.6 Å². The first kappa shape index (κ1) is 11.5. The second kappa shape index (κ2) is 4.91. The van der Waals surface area contributed by atoms with Gasteiger partial charge in [0.05, 0.1) is 0 Å². The zero-order valence-electron chi connectivity index (χ0n) is 9.39. The summed E-state index contributed by atoms with van der Waals surface area (Å²) in [5.74, 6) is -0.719. The fourth-order valence-corrected chi connectivity index (χ4v) is 1.86. The van der Waals surface area contributed by atoms with Crippen LogP contribution < -0.4 is 5.32 Å². The molecule has 0 aromatic heterocycles. The first-order valence-electron chi connectivity index (χ1n) is 5.64. The molecule has 4 heteroatoms. The molecule has 0 saturated heterocycles. The number of benzene rings is 1. The molecule has 0 bridgehead atoms. The van der Waals surface area contributed by atoms with Gasteiger partial charge in [-0.1, -0.05) is 12.2 Å². The third-order valence-corrected chi connectivity index (χ3v) is 2.84. The predicted octanol–water partition coefficient (Wildman–Crippen LogP) is 1.94. The van der Waals surface area contributed by atoms with Gasteiger partial charge >= 0.3 is 0 Å². The van der Waals surface area contributed by atoms with Crippen molar-refractivity contribution in [1.82, 2.24) is 5.32 Å². The van der Waals surface area contributed by atoms with Gasteiger partial charge in [0.15, 0.2) is 11.5 Å². The van der Waals surface area contributed by atoms with E-state index in [9.17, 15) is 9.90 Å².